The van der Waals surface area contributed by atoms with Crippen molar-refractivity contribution >= 4 is 29.4 Å². The van der Waals surface area contributed by atoms with Crippen molar-refractivity contribution in [3.05, 3.63) is 52.0 Å². The molecule has 0 atom stereocenters. The number of oxime groups is 1. The van der Waals surface area contributed by atoms with Crippen molar-refractivity contribution < 1.29 is 19.4 Å². The number of nitrogens with zero attached hydrogens (tertiary/aromatic N) is 1. The summed E-state index contributed by atoms with van der Waals surface area (Å²) in [6.07, 6.45) is 1.30. The zero-order valence-electron chi connectivity index (χ0n) is 12.3. The van der Waals surface area contributed by atoms with E-state index in [1.54, 1.807) is 36.4 Å². The smallest absolute Gasteiger partial charge is 0.161 e. The number of halogens is 2. The van der Waals surface area contributed by atoms with Gasteiger partial charge in [-0.05, 0) is 30.3 Å². The largest absolute Gasteiger partial charge is 0.493 e. The first-order valence-electron chi connectivity index (χ1n) is 6.70. The lowest BCUT2D eigenvalue weighted by atomic mass is 10.2. The monoisotopic (exact) mass is 355 g/mol. The highest BCUT2D eigenvalue weighted by Gasteiger charge is 2.06. The van der Waals surface area contributed by atoms with Gasteiger partial charge >= 0.3 is 0 Å². The average Bonchev–Trinajstić information content (AvgIpc) is 2.55. The molecule has 0 amide bonds. The molecule has 2 aromatic rings. The number of hydrogen-bond acceptors (Lipinski definition) is 5. The van der Waals surface area contributed by atoms with Crippen LogP contribution in [-0.2, 0) is 0 Å². The minimum atomic E-state index is 0.295. The highest BCUT2D eigenvalue weighted by Crippen LogP contribution is 2.29. The summed E-state index contributed by atoms with van der Waals surface area (Å²) in [6, 6.07) is 10.2. The van der Waals surface area contributed by atoms with E-state index in [1.165, 1.54) is 13.3 Å². The van der Waals surface area contributed by atoms with E-state index < -0.39 is 0 Å². The van der Waals surface area contributed by atoms with Crippen LogP contribution in [0.1, 0.15) is 5.56 Å². The van der Waals surface area contributed by atoms with Crippen molar-refractivity contribution in [1.29, 1.82) is 0 Å². The molecule has 2 rings (SSSR count). The molecule has 0 heterocycles. The van der Waals surface area contributed by atoms with E-state index in [1.807, 2.05) is 0 Å². The molecule has 0 saturated heterocycles. The summed E-state index contributed by atoms with van der Waals surface area (Å²) in [6.45, 7) is 0.593. The molecular weight excluding hydrogens is 341 g/mol. The standard InChI is InChI=1S/C16H15Cl2NO4/c1-21-16-8-11(10-19-20)2-5-14(16)22-6-7-23-15-9-12(17)3-4-13(15)18/h2-5,8-10,20H,6-7H2,1H3. The summed E-state index contributed by atoms with van der Waals surface area (Å²) >= 11 is 11.9. The van der Waals surface area contributed by atoms with Gasteiger partial charge in [-0.15, -0.1) is 0 Å². The normalized spacial score (nSPS) is 10.7. The second kappa shape index (κ2) is 8.50. The van der Waals surface area contributed by atoms with Gasteiger partial charge in [0.25, 0.3) is 0 Å². The predicted molar refractivity (Wildman–Crippen MR) is 89.8 cm³/mol. The molecular formula is C16H15Cl2NO4. The number of hydrogen-bond donors (Lipinski definition) is 1. The first kappa shape index (κ1) is 17.2. The molecule has 122 valence electrons. The lowest BCUT2D eigenvalue weighted by Crippen LogP contribution is -2.10. The third-order valence-electron chi connectivity index (χ3n) is 2.89. The van der Waals surface area contributed by atoms with Crippen LogP contribution >= 0.6 is 23.2 Å². The molecule has 0 unspecified atom stereocenters. The molecule has 7 heteroatoms. The first-order chi connectivity index (χ1) is 11.1. The van der Waals surface area contributed by atoms with E-state index in [-0.39, 0.29) is 0 Å². The van der Waals surface area contributed by atoms with Crippen LogP contribution in [0.3, 0.4) is 0 Å². The Bertz CT molecular complexity index is 692. The van der Waals surface area contributed by atoms with E-state index in [0.717, 1.165) is 0 Å². The Hall–Kier alpha value is -2.11. The van der Waals surface area contributed by atoms with Crippen molar-refractivity contribution in [3.8, 4) is 17.2 Å². The number of methoxy groups -OCH3 is 1. The van der Waals surface area contributed by atoms with Crippen LogP contribution in [0.2, 0.25) is 10.0 Å². The van der Waals surface area contributed by atoms with Crippen molar-refractivity contribution in [2.75, 3.05) is 20.3 Å². The van der Waals surface area contributed by atoms with Crippen LogP contribution in [0.15, 0.2) is 41.6 Å². The van der Waals surface area contributed by atoms with Crippen LogP contribution in [-0.4, -0.2) is 31.7 Å². The molecule has 0 fully saturated rings. The fraction of sp³-hybridized carbons (Fsp3) is 0.188. The first-order valence-corrected chi connectivity index (χ1v) is 7.45. The Morgan fingerprint density at radius 3 is 2.43 bits per heavy atom. The van der Waals surface area contributed by atoms with Crippen molar-refractivity contribution in [1.82, 2.24) is 0 Å². The van der Waals surface area contributed by atoms with Gasteiger partial charge in [-0.2, -0.15) is 0 Å². The summed E-state index contributed by atoms with van der Waals surface area (Å²) in [7, 11) is 1.53. The van der Waals surface area contributed by atoms with E-state index in [9.17, 15) is 0 Å². The fourth-order valence-corrected chi connectivity index (χ4v) is 2.18. The van der Waals surface area contributed by atoms with Gasteiger partial charge in [0.05, 0.1) is 18.3 Å². The van der Waals surface area contributed by atoms with Gasteiger partial charge in [0.15, 0.2) is 11.5 Å². The molecule has 0 saturated carbocycles. The molecule has 0 bridgehead atoms. The van der Waals surface area contributed by atoms with Crippen molar-refractivity contribution in [2.24, 2.45) is 5.16 Å². The van der Waals surface area contributed by atoms with Gasteiger partial charge < -0.3 is 19.4 Å². The second-order valence-electron chi connectivity index (χ2n) is 4.43. The van der Waals surface area contributed by atoms with Gasteiger partial charge in [-0.25, -0.2) is 0 Å². The Labute approximate surface area is 144 Å². The molecule has 0 radical (unpaired) electrons. The third kappa shape index (κ3) is 4.94. The van der Waals surface area contributed by atoms with Crippen molar-refractivity contribution in [2.45, 2.75) is 0 Å². The Balaban J connectivity index is 1.92. The third-order valence-corrected chi connectivity index (χ3v) is 3.43. The van der Waals surface area contributed by atoms with E-state index in [4.69, 9.17) is 42.6 Å². The topological polar surface area (TPSA) is 60.3 Å². The van der Waals surface area contributed by atoms with E-state index in [0.29, 0.717) is 46.1 Å². The maximum Gasteiger partial charge on any atom is 0.161 e. The summed E-state index contributed by atoms with van der Waals surface area (Å²) in [5.74, 6) is 1.59. The summed E-state index contributed by atoms with van der Waals surface area (Å²) in [5, 5.41) is 12.5. The van der Waals surface area contributed by atoms with Crippen LogP contribution in [0.4, 0.5) is 0 Å². The zero-order valence-corrected chi connectivity index (χ0v) is 13.8. The zero-order chi connectivity index (χ0) is 16.7. The van der Waals surface area contributed by atoms with E-state index >= 15 is 0 Å². The molecule has 0 spiro atoms. The Morgan fingerprint density at radius 1 is 1.00 bits per heavy atom. The quantitative estimate of drug-likeness (QED) is 0.348. The van der Waals surface area contributed by atoms with Crippen LogP contribution in [0.5, 0.6) is 17.2 Å². The minimum Gasteiger partial charge on any atom is -0.493 e. The van der Waals surface area contributed by atoms with Gasteiger partial charge in [0.2, 0.25) is 0 Å². The molecule has 1 N–H and O–H groups in total. The van der Waals surface area contributed by atoms with Crippen LogP contribution in [0, 0.1) is 0 Å². The van der Waals surface area contributed by atoms with Gasteiger partial charge in [-0.1, -0.05) is 28.4 Å². The van der Waals surface area contributed by atoms with Gasteiger partial charge in [0, 0.05) is 16.7 Å². The maximum absolute atomic E-state index is 8.54. The van der Waals surface area contributed by atoms with Gasteiger partial charge in [-0.3, -0.25) is 0 Å². The number of ether oxygens (including phenoxy) is 3. The summed E-state index contributed by atoms with van der Waals surface area (Å²) in [5.41, 5.74) is 0.693. The lowest BCUT2D eigenvalue weighted by Gasteiger charge is -2.12. The summed E-state index contributed by atoms with van der Waals surface area (Å²) in [4.78, 5) is 0. The molecule has 2 aromatic carbocycles. The van der Waals surface area contributed by atoms with Gasteiger partial charge in [0.1, 0.15) is 19.0 Å². The Morgan fingerprint density at radius 2 is 1.74 bits per heavy atom. The molecule has 23 heavy (non-hydrogen) atoms. The molecule has 0 aliphatic rings. The van der Waals surface area contributed by atoms with Crippen molar-refractivity contribution in [3.63, 3.8) is 0 Å². The number of rotatable bonds is 7. The second-order valence-corrected chi connectivity index (χ2v) is 5.27. The summed E-state index contributed by atoms with van der Waals surface area (Å²) < 4.78 is 16.4. The van der Waals surface area contributed by atoms with Crippen LogP contribution in [0.25, 0.3) is 0 Å². The molecule has 0 aliphatic heterocycles. The number of benzene rings is 2. The molecule has 0 aromatic heterocycles. The highest BCUT2D eigenvalue weighted by molar-refractivity contribution is 6.34. The van der Waals surface area contributed by atoms with Crippen LogP contribution < -0.4 is 14.2 Å². The SMILES string of the molecule is COc1cc(C=NO)ccc1OCCOc1cc(Cl)ccc1Cl. The predicted octanol–water partition coefficient (Wildman–Crippen LogP) is 4.27. The Kier molecular flexibility index (Phi) is 6.38. The maximum atomic E-state index is 8.54. The minimum absolute atomic E-state index is 0.295. The van der Waals surface area contributed by atoms with E-state index in [2.05, 4.69) is 5.16 Å². The molecule has 0 aliphatic carbocycles. The highest BCUT2D eigenvalue weighted by atomic mass is 35.5. The molecule has 5 nitrogen and oxygen atoms in total. The average molecular weight is 356 g/mol. The fourth-order valence-electron chi connectivity index (χ4n) is 1.84. The lowest BCUT2D eigenvalue weighted by molar-refractivity contribution is 0.211.